The molecule has 24 heavy (non-hydrogen) atoms. The molecule has 0 unspecified atom stereocenters. The highest BCUT2D eigenvalue weighted by Crippen LogP contribution is 2.33. The number of hydrogen-bond acceptors (Lipinski definition) is 0. The minimum absolute atomic E-state index is 1.26. The molecule has 0 nitrogen and oxygen atoms in total. The maximum atomic E-state index is 2.31. The van der Waals surface area contributed by atoms with Crippen LogP contribution in [0.5, 0.6) is 0 Å². The van der Waals surface area contributed by atoms with Crippen molar-refractivity contribution in [3.8, 4) is 22.3 Å². The molecule has 0 aliphatic rings. The van der Waals surface area contributed by atoms with Crippen molar-refractivity contribution in [2.45, 2.75) is 13.8 Å². The minimum atomic E-state index is 1.26. The van der Waals surface area contributed by atoms with E-state index in [-0.39, 0.29) is 0 Å². The van der Waals surface area contributed by atoms with E-state index in [9.17, 15) is 0 Å². The fraction of sp³-hybridized carbons (Fsp3) is 0.0833. The SMILES string of the molecule is Cc1cc(-c2ccc(-c3ccccc3)cc2)c2ccccc2c1C. The average molecular weight is 308 g/mol. The van der Waals surface area contributed by atoms with E-state index in [0.717, 1.165) is 0 Å². The van der Waals surface area contributed by atoms with Gasteiger partial charge in [0.1, 0.15) is 0 Å². The molecule has 0 saturated heterocycles. The van der Waals surface area contributed by atoms with E-state index >= 15 is 0 Å². The molecule has 0 aliphatic carbocycles. The highest BCUT2D eigenvalue weighted by atomic mass is 14.1. The Morgan fingerprint density at radius 3 is 1.75 bits per heavy atom. The predicted octanol–water partition coefficient (Wildman–Crippen LogP) is 6.79. The van der Waals surface area contributed by atoms with Crippen LogP contribution >= 0.6 is 0 Å². The molecule has 0 saturated carbocycles. The normalized spacial score (nSPS) is 10.9. The summed E-state index contributed by atoms with van der Waals surface area (Å²) < 4.78 is 0. The molecule has 0 spiro atoms. The Labute approximate surface area is 143 Å². The van der Waals surface area contributed by atoms with Crippen LogP contribution in [0.1, 0.15) is 11.1 Å². The first-order valence-electron chi connectivity index (χ1n) is 8.39. The van der Waals surface area contributed by atoms with Crippen molar-refractivity contribution in [2.24, 2.45) is 0 Å². The summed E-state index contributed by atoms with van der Waals surface area (Å²) in [4.78, 5) is 0. The van der Waals surface area contributed by atoms with Crippen molar-refractivity contribution in [3.05, 3.63) is 96.1 Å². The summed E-state index contributed by atoms with van der Waals surface area (Å²) in [6.45, 7) is 4.41. The van der Waals surface area contributed by atoms with Gasteiger partial charge < -0.3 is 0 Å². The van der Waals surface area contributed by atoms with Crippen molar-refractivity contribution in [1.82, 2.24) is 0 Å². The second-order valence-electron chi connectivity index (χ2n) is 6.35. The van der Waals surface area contributed by atoms with Gasteiger partial charge >= 0.3 is 0 Å². The van der Waals surface area contributed by atoms with Gasteiger partial charge in [0, 0.05) is 0 Å². The second kappa shape index (κ2) is 5.98. The van der Waals surface area contributed by atoms with Gasteiger partial charge in [-0.15, -0.1) is 0 Å². The summed E-state index contributed by atoms with van der Waals surface area (Å²) >= 11 is 0. The molecule has 0 atom stereocenters. The van der Waals surface area contributed by atoms with Crippen LogP contribution in [0.3, 0.4) is 0 Å². The van der Waals surface area contributed by atoms with E-state index in [1.807, 2.05) is 0 Å². The molecule has 4 rings (SSSR count). The van der Waals surface area contributed by atoms with E-state index in [1.165, 1.54) is 44.2 Å². The zero-order valence-corrected chi connectivity index (χ0v) is 14.1. The number of rotatable bonds is 2. The Morgan fingerprint density at radius 1 is 0.500 bits per heavy atom. The number of fused-ring (bicyclic) bond motifs is 1. The lowest BCUT2D eigenvalue weighted by Gasteiger charge is -2.13. The van der Waals surface area contributed by atoms with Crippen molar-refractivity contribution in [1.29, 1.82) is 0 Å². The lowest BCUT2D eigenvalue weighted by molar-refractivity contribution is 1.38. The Hall–Kier alpha value is -2.86. The molecule has 0 amide bonds. The highest BCUT2D eigenvalue weighted by Gasteiger charge is 2.08. The van der Waals surface area contributed by atoms with Gasteiger partial charge in [-0.2, -0.15) is 0 Å². The minimum Gasteiger partial charge on any atom is -0.0622 e. The summed E-state index contributed by atoms with van der Waals surface area (Å²) in [5, 5.41) is 2.67. The van der Waals surface area contributed by atoms with Gasteiger partial charge in [0.25, 0.3) is 0 Å². The maximum Gasteiger partial charge on any atom is -0.0103 e. The van der Waals surface area contributed by atoms with Crippen molar-refractivity contribution < 1.29 is 0 Å². The van der Waals surface area contributed by atoms with Crippen LogP contribution in [0.4, 0.5) is 0 Å². The Kier molecular flexibility index (Phi) is 3.66. The topological polar surface area (TPSA) is 0 Å². The first-order valence-corrected chi connectivity index (χ1v) is 8.39. The second-order valence-corrected chi connectivity index (χ2v) is 6.35. The van der Waals surface area contributed by atoms with Gasteiger partial charge in [-0.3, -0.25) is 0 Å². The summed E-state index contributed by atoms with van der Waals surface area (Å²) in [5.74, 6) is 0. The van der Waals surface area contributed by atoms with Crippen LogP contribution < -0.4 is 0 Å². The number of benzene rings is 4. The first-order chi connectivity index (χ1) is 11.7. The van der Waals surface area contributed by atoms with Crippen molar-refractivity contribution >= 4 is 10.8 Å². The third-order valence-corrected chi connectivity index (χ3v) is 4.88. The Bertz CT molecular complexity index is 993. The highest BCUT2D eigenvalue weighted by molar-refractivity contribution is 5.99. The zero-order valence-electron chi connectivity index (χ0n) is 14.1. The first kappa shape index (κ1) is 14.7. The summed E-state index contributed by atoms with van der Waals surface area (Å²) in [6.07, 6.45) is 0. The smallest absolute Gasteiger partial charge is 0.0103 e. The van der Waals surface area contributed by atoms with Gasteiger partial charge in [-0.1, -0.05) is 84.9 Å². The monoisotopic (exact) mass is 308 g/mol. The lowest BCUT2D eigenvalue weighted by Crippen LogP contribution is -1.89. The van der Waals surface area contributed by atoms with Gasteiger partial charge in [-0.25, -0.2) is 0 Å². The van der Waals surface area contributed by atoms with Crippen LogP contribution in [0.2, 0.25) is 0 Å². The van der Waals surface area contributed by atoms with Gasteiger partial charge in [-0.05, 0) is 58.0 Å². The number of aryl methyl sites for hydroxylation is 2. The van der Waals surface area contributed by atoms with Crippen LogP contribution in [0, 0.1) is 13.8 Å². The average Bonchev–Trinajstić information content (AvgIpc) is 2.66. The quantitative estimate of drug-likeness (QED) is 0.382. The van der Waals surface area contributed by atoms with Gasteiger partial charge in [0.2, 0.25) is 0 Å². The molecule has 4 aromatic rings. The molecular weight excluding hydrogens is 288 g/mol. The van der Waals surface area contributed by atoms with E-state index in [4.69, 9.17) is 0 Å². The zero-order chi connectivity index (χ0) is 16.5. The molecule has 0 aliphatic heterocycles. The third-order valence-electron chi connectivity index (χ3n) is 4.88. The van der Waals surface area contributed by atoms with Gasteiger partial charge in [0.15, 0.2) is 0 Å². The van der Waals surface area contributed by atoms with Crippen molar-refractivity contribution in [2.75, 3.05) is 0 Å². The molecule has 0 heterocycles. The third kappa shape index (κ3) is 2.51. The Morgan fingerprint density at radius 2 is 1.04 bits per heavy atom. The summed E-state index contributed by atoms with van der Waals surface area (Å²) in [6, 6.07) is 30.4. The predicted molar refractivity (Wildman–Crippen MR) is 104 cm³/mol. The van der Waals surface area contributed by atoms with Gasteiger partial charge in [0.05, 0.1) is 0 Å². The lowest BCUT2D eigenvalue weighted by atomic mass is 9.91. The summed E-state index contributed by atoms with van der Waals surface area (Å²) in [5.41, 5.74) is 7.81. The molecule has 4 aromatic carbocycles. The van der Waals surface area contributed by atoms with E-state index in [2.05, 4.69) is 98.8 Å². The van der Waals surface area contributed by atoms with E-state index < -0.39 is 0 Å². The molecule has 0 aromatic heterocycles. The largest absolute Gasteiger partial charge is 0.0622 e. The standard InChI is InChI=1S/C24H20/c1-17-16-24(23-11-7-6-10-22(23)18(17)2)21-14-12-20(13-15-21)19-8-4-3-5-9-19/h3-16H,1-2H3. The number of hydrogen-bond donors (Lipinski definition) is 0. The molecule has 0 radical (unpaired) electrons. The summed E-state index contributed by atoms with van der Waals surface area (Å²) in [7, 11) is 0. The Balaban J connectivity index is 1.85. The molecule has 0 bridgehead atoms. The van der Waals surface area contributed by atoms with E-state index in [1.54, 1.807) is 0 Å². The fourth-order valence-corrected chi connectivity index (χ4v) is 3.37. The van der Waals surface area contributed by atoms with Crippen molar-refractivity contribution in [3.63, 3.8) is 0 Å². The van der Waals surface area contributed by atoms with Crippen LogP contribution in [-0.2, 0) is 0 Å². The van der Waals surface area contributed by atoms with E-state index in [0.29, 0.717) is 0 Å². The molecular formula is C24H20. The maximum absolute atomic E-state index is 2.31. The van der Waals surface area contributed by atoms with Crippen LogP contribution in [0.25, 0.3) is 33.0 Å². The molecule has 0 fully saturated rings. The molecule has 116 valence electrons. The fourth-order valence-electron chi connectivity index (χ4n) is 3.37. The molecule has 0 heteroatoms. The van der Waals surface area contributed by atoms with Crippen LogP contribution in [0.15, 0.2) is 84.9 Å². The van der Waals surface area contributed by atoms with Crippen LogP contribution in [-0.4, -0.2) is 0 Å². The molecule has 0 N–H and O–H groups in total.